The molecule has 0 unspecified atom stereocenters. The van der Waals surface area contributed by atoms with E-state index in [4.69, 9.17) is 4.74 Å². The molecule has 0 aliphatic carbocycles. The smallest absolute Gasteiger partial charge is 0.329 e. The van der Waals surface area contributed by atoms with E-state index in [0.717, 1.165) is 5.56 Å². The van der Waals surface area contributed by atoms with Gasteiger partial charge in [-0.2, -0.15) is 11.8 Å². The van der Waals surface area contributed by atoms with E-state index in [9.17, 15) is 9.59 Å². The zero-order valence-corrected chi connectivity index (χ0v) is 15.6. The van der Waals surface area contributed by atoms with Crippen molar-refractivity contribution in [3.05, 3.63) is 35.9 Å². The molecule has 0 saturated heterocycles. The van der Waals surface area contributed by atoms with E-state index in [0.29, 0.717) is 12.2 Å². The van der Waals surface area contributed by atoms with Gasteiger partial charge in [0.15, 0.2) is 0 Å². The van der Waals surface area contributed by atoms with Gasteiger partial charge in [-0.15, -0.1) is 0 Å². The van der Waals surface area contributed by atoms with Crippen LogP contribution >= 0.6 is 11.8 Å². The Hall–Kier alpha value is -1.49. The number of rotatable bonds is 7. The molecule has 0 bridgehead atoms. The Labute approximate surface area is 144 Å². The Balaban J connectivity index is 0.00000149. The predicted molar refractivity (Wildman–Crippen MR) is 97.4 cm³/mol. The quantitative estimate of drug-likeness (QED) is 0.606. The minimum absolute atomic E-state index is 0.0303. The maximum absolute atomic E-state index is 12.0. The van der Waals surface area contributed by atoms with Gasteiger partial charge in [0.25, 0.3) is 0 Å². The maximum Gasteiger partial charge on any atom is 0.329 e. The van der Waals surface area contributed by atoms with Crippen LogP contribution in [-0.2, 0) is 20.9 Å². The Morgan fingerprint density at radius 1 is 1.26 bits per heavy atom. The largest absolute Gasteiger partial charge is 0.459 e. The number of esters is 1. The summed E-state index contributed by atoms with van der Waals surface area (Å²) in [5, 5.41) is 2.52. The van der Waals surface area contributed by atoms with Gasteiger partial charge in [0.05, 0.1) is 0 Å². The first-order chi connectivity index (χ1) is 10.8. The Bertz CT molecular complexity index is 443. The van der Waals surface area contributed by atoms with Crippen LogP contribution < -0.4 is 5.32 Å². The fraction of sp³-hybridized carbons (Fsp3) is 0.556. The van der Waals surface area contributed by atoms with E-state index >= 15 is 0 Å². The molecule has 5 heteroatoms. The second kappa shape index (κ2) is 12.0. The summed E-state index contributed by atoms with van der Waals surface area (Å²) < 4.78 is 5.26. The lowest BCUT2D eigenvalue weighted by Crippen LogP contribution is -2.40. The molecular formula is C18H29NO3S. The lowest BCUT2D eigenvalue weighted by atomic mass is 10.2. The summed E-state index contributed by atoms with van der Waals surface area (Å²) in [6.45, 7) is 10.7. The van der Waals surface area contributed by atoms with Crippen molar-refractivity contribution < 1.29 is 14.3 Å². The molecule has 0 aromatic heterocycles. The van der Waals surface area contributed by atoms with E-state index in [2.05, 4.69) is 39.9 Å². The fourth-order valence-corrected chi connectivity index (χ4v) is 2.33. The van der Waals surface area contributed by atoms with E-state index in [1.54, 1.807) is 11.8 Å². The van der Waals surface area contributed by atoms with Crippen molar-refractivity contribution in [3.8, 4) is 0 Å². The van der Waals surface area contributed by atoms with Crippen molar-refractivity contribution in [3.63, 3.8) is 0 Å². The molecule has 0 fully saturated rings. The highest BCUT2D eigenvalue weighted by molar-refractivity contribution is 8.00. The van der Waals surface area contributed by atoms with E-state index in [1.807, 2.05) is 30.3 Å². The molecule has 130 valence electrons. The summed E-state index contributed by atoms with van der Waals surface area (Å²) >= 11 is 1.61. The monoisotopic (exact) mass is 339 g/mol. The van der Waals surface area contributed by atoms with Crippen molar-refractivity contribution in [1.82, 2.24) is 5.32 Å². The highest BCUT2D eigenvalue weighted by atomic mass is 32.2. The third-order valence-electron chi connectivity index (χ3n) is 2.46. The Morgan fingerprint density at radius 2 is 1.83 bits per heavy atom. The summed E-state index contributed by atoms with van der Waals surface area (Å²) in [7, 11) is 0. The SMILES string of the molecule is CC(C)(C)SC[C@H](NC=O)C(=O)OCc1ccccc1.CCC. The first-order valence-electron chi connectivity index (χ1n) is 7.88. The number of amides is 1. The Kier molecular flexibility index (Phi) is 11.2. The number of carbonyl (C=O) groups excluding carboxylic acids is 2. The molecule has 0 heterocycles. The number of ether oxygens (including phenoxy) is 1. The standard InChI is InChI=1S/C15H21NO3S.C3H8/c1-15(2,3)20-10-13(16-11-17)14(18)19-9-12-7-5-4-6-8-12;1-3-2/h4-8,11,13H,9-10H2,1-3H3,(H,16,17);3H2,1-2H3/t13-;/m0./s1. The minimum atomic E-state index is -0.611. The molecule has 0 radical (unpaired) electrons. The number of carbonyl (C=O) groups is 2. The normalized spacial score (nSPS) is 11.7. The third kappa shape index (κ3) is 11.7. The second-order valence-electron chi connectivity index (χ2n) is 6.06. The van der Waals surface area contributed by atoms with Crippen molar-refractivity contribution in [2.24, 2.45) is 0 Å². The van der Waals surface area contributed by atoms with Crippen LogP contribution in [0.1, 0.15) is 46.6 Å². The van der Waals surface area contributed by atoms with Gasteiger partial charge in [-0.05, 0) is 5.56 Å². The van der Waals surface area contributed by atoms with E-state index in [1.165, 1.54) is 6.42 Å². The highest BCUT2D eigenvalue weighted by Crippen LogP contribution is 2.23. The van der Waals surface area contributed by atoms with Gasteiger partial charge < -0.3 is 10.1 Å². The average Bonchev–Trinajstić information content (AvgIpc) is 2.50. The number of hydrogen-bond donors (Lipinski definition) is 1. The number of thioether (sulfide) groups is 1. The van der Waals surface area contributed by atoms with Crippen LogP contribution in [0, 0.1) is 0 Å². The number of hydrogen-bond acceptors (Lipinski definition) is 4. The van der Waals surface area contributed by atoms with Gasteiger partial charge >= 0.3 is 5.97 Å². The number of benzene rings is 1. The Morgan fingerprint density at radius 3 is 2.30 bits per heavy atom. The lowest BCUT2D eigenvalue weighted by Gasteiger charge is -2.21. The molecule has 0 aliphatic heterocycles. The molecule has 1 aromatic rings. The molecule has 1 aromatic carbocycles. The highest BCUT2D eigenvalue weighted by Gasteiger charge is 2.22. The zero-order chi connectivity index (χ0) is 17.7. The molecule has 0 aliphatic rings. The van der Waals surface area contributed by atoms with Crippen LogP contribution in [0.15, 0.2) is 30.3 Å². The maximum atomic E-state index is 12.0. The third-order valence-corrected chi connectivity index (χ3v) is 3.83. The topological polar surface area (TPSA) is 55.4 Å². The van der Waals surface area contributed by atoms with Gasteiger partial charge in [-0.25, -0.2) is 4.79 Å². The van der Waals surface area contributed by atoms with Gasteiger partial charge in [0.2, 0.25) is 6.41 Å². The van der Waals surface area contributed by atoms with Crippen LogP contribution in [0.25, 0.3) is 0 Å². The van der Waals surface area contributed by atoms with Gasteiger partial charge in [-0.3, -0.25) is 4.79 Å². The van der Waals surface area contributed by atoms with Crippen LogP contribution in [0.3, 0.4) is 0 Å². The summed E-state index contributed by atoms with van der Waals surface area (Å²) in [5.74, 6) is 0.0910. The van der Waals surface area contributed by atoms with Crippen LogP contribution in [-0.4, -0.2) is 28.9 Å². The minimum Gasteiger partial charge on any atom is -0.459 e. The van der Waals surface area contributed by atoms with E-state index in [-0.39, 0.29) is 11.4 Å². The fourth-order valence-electron chi connectivity index (χ4n) is 1.43. The molecule has 1 amide bonds. The molecule has 0 spiro atoms. The molecule has 4 nitrogen and oxygen atoms in total. The van der Waals surface area contributed by atoms with Gasteiger partial charge in [0, 0.05) is 10.5 Å². The average molecular weight is 340 g/mol. The number of nitrogens with one attached hydrogen (secondary N) is 1. The van der Waals surface area contributed by atoms with Crippen molar-refractivity contribution in [2.45, 2.75) is 58.4 Å². The van der Waals surface area contributed by atoms with Crippen LogP contribution in [0.2, 0.25) is 0 Å². The van der Waals surface area contributed by atoms with Gasteiger partial charge in [0.1, 0.15) is 12.6 Å². The summed E-state index contributed by atoms with van der Waals surface area (Å²) in [4.78, 5) is 22.6. The van der Waals surface area contributed by atoms with Crippen LogP contribution in [0.5, 0.6) is 0 Å². The van der Waals surface area contributed by atoms with Crippen molar-refractivity contribution in [1.29, 1.82) is 0 Å². The zero-order valence-electron chi connectivity index (χ0n) is 14.8. The molecule has 0 saturated carbocycles. The second-order valence-corrected chi connectivity index (χ2v) is 7.91. The molecule has 1 N–H and O–H groups in total. The molecule has 1 rings (SSSR count). The molecular weight excluding hydrogens is 310 g/mol. The van der Waals surface area contributed by atoms with Crippen LogP contribution in [0.4, 0.5) is 0 Å². The summed E-state index contributed by atoms with van der Waals surface area (Å²) in [6, 6.07) is 8.85. The van der Waals surface area contributed by atoms with Gasteiger partial charge in [-0.1, -0.05) is 71.4 Å². The first-order valence-corrected chi connectivity index (χ1v) is 8.86. The first kappa shape index (κ1) is 21.5. The van der Waals surface area contributed by atoms with Crippen molar-refractivity contribution >= 4 is 24.1 Å². The molecule has 23 heavy (non-hydrogen) atoms. The predicted octanol–water partition coefficient (Wildman–Crippen LogP) is 3.79. The lowest BCUT2D eigenvalue weighted by molar-refractivity contribution is -0.147. The molecule has 1 atom stereocenters. The van der Waals surface area contributed by atoms with Crippen molar-refractivity contribution in [2.75, 3.05) is 5.75 Å². The summed E-state index contributed by atoms with van der Waals surface area (Å²) in [6.07, 6.45) is 1.79. The van der Waals surface area contributed by atoms with E-state index < -0.39 is 12.0 Å². The summed E-state index contributed by atoms with van der Waals surface area (Å²) in [5.41, 5.74) is 0.925.